The molecule has 0 unspecified atom stereocenters. The fourth-order valence-electron chi connectivity index (χ4n) is 2.05. The Labute approximate surface area is 137 Å². The van der Waals surface area contributed by atoms with Crippen LogP contribution in [0.4, 0.5) is 5.69 Å². The van der Waals surface area contributed by atoms with Crippen LogP contribution in [0.5, 0.6) is 0 Å². The predicted octanol–water partition coefficient (Wildman–Crippen LogP) is 4.38. The molecule has 2 rings (SSSR count). The molecule has 2 aromatic carbocycles. The molecule has 2 aromatic rings. The molecule has 3 nitrogen and oxygen atoms in total. The molecule has 0 aliphatic heterocycles. The minimum Gasteiger partial charge on any atom is -0.381 e. The van der Waals surface area contributed by atoms with Gasteiger partial charge in [-0.15, -0.1) is 0 Å². The molecule has 0 aromatic heterocycles. The number of benzene rings is 2. The molecule has 0 saturated heterocycles. The third-order valence-corrected chi connectivity index (χ3v) is 4.50. The number of carbonyl (C=O) groups is 1. The lowest BCUT2D eigenvalue weighted by Crippen LogP contribution is -2.19. The van der Waals surface area contributed by atoms with Crippen molar-refractivity contribution >= 4 is 39.1 Å². The minimum atomic E-state index is -0.0807. The van der Waals surface area contributed by atoms with Crippen LogP contribution in [-0.2, 0) is 6.54 Å². The molecule has 21 heavy (non-hydrogen) atoms. The predicted molar refractivity (Wildman–Crippen MR) is 91.0 cm³/mol. The van der Waals surface area contributed by atoms with Crippen molar-refractivity contribution in [1.29, 1.82) is 0 Å². The molecule has 0 aliphatic rings. The fraction of sp³-hybridized carbons (Fsp3) is 0.188. The van der Waals surface area contributed by atoms with Crippen LogP contribution in [0.25, 0.3) is 0 Å². The molecule has 1 amide bonds. The smallest absolute Gasteiger partial charge is 0.251 e. The van der Waals surface area contributed by atoms with Crippen LogP contribution in [0.3, 0.4) is 0 Å². The van der Waals surface area contributed by atoms with Gasteiger partial charge in [0.1, 0.15) is 0 Å². The van der Waals surface area contributed by atoms with Crippen molar-refractivity contribution < 1.29 is 4.79 Å². The number of amides is 1. The third-order valence-electron chi connectivity index (χ3n) is 3.27. The van der Waals surface area contributed by atoms with E-state index in [0.717, 1.165) is 21.3 Å². The van der Waals surface area contributed by atoms with E-state index < -0.39 is 0 Å². The highest BCUT2D eigenvalue weighted by Crippen LogP contribution is 2.24. The van der Waals surface area contributed by atoms with Crippen molar-refractivity contribution in [3.63, 3.8) is 0 Å². The van der Waals surface area contributed by atoms with Crippen LogP contribution in [-0.4, -0.2) is 13.0 Å². The van der Waals surface area contributed by atoms with Crippen LogP contribution in [0.2, 0.25) is 5.02 Å². The Morgan fingerprint density at radius 1 is 1.29 bits per heavy atom. The average Bonchev–Trinajstić information content (AvgIpc) is 2.49. The van der Waals surface area contributed by atoms with E-state index in [1.54, 1.807) is 7.05 Å². The third kappa shape index (κ3) is 3.77. The number of anilines is 1. The summed E-state index contributed by atoms with van der Waals surface area (Å²) in [6, 6.07) is 11.5. The maximum Gasteiger partial charge on any atom is 0.251 e. The van der Waals surface area contributed by atoms with Gasteiger partial charge >= 0.3 is 0 Å². The molecule has 5 heteroatoms. The lowest BCUT2D eigenvalue weighted by Gasteiger charge is -2.13. The summed E-state index contributed by atoms with van der Waals surface area (Å²) in [5.41, 5.74) is 3.62. The number of hydrogen-bond donors (Lipinski definition) is 2. The molecule has 110 valence electrons. The second-order valence-corrected chi connectivity index (χ2v) is 5.92. The lowest BCUT2D eigenvalue weighted by molar-refractivity contribution is 0.0962. The van der Waals surface area contributed by atoms with Crippen LogP contribution < -0.4 is 10.6 Å². The van der Waals surface area contributed by atoms with Crippen molar-refractivity contribution in [2.75, 3.05) is 12.4 Å². The Bertz CT molecular complexity index is 673. The zero-order chi connectivity index (χ0) is 15.4. The molecular weight excluding hydrogens is 352 g/mol. The molecular formula is C16H16BrClN2O. The number of rotatable bonds is 4. The SMILES string of the molecule is CNC(=O)c1cccc(NCc2ccc(Br)c(Cl)c2)c1C. The highest BCUT2D eigenvalue weighted by atomic mass is 79.9. The molecule has 0 saturated carbocycles. The molecule has 0 bridgehead atoms. The zero-order valence-electron chi connectivity index (χ0n) is 11.8. The Balaban J connectivity index is 2.16. The van der Waals surface area contributed by atoms with E-state index in [2.05, 4.69) is 26.6 Å². The first-order valence-electron chi connectivity index (χ1n) is 6.52. The van der Waals surface area contributed by atoms with E-state index in [9.17, 15) is 4.79 Å². The van der Waals surface area contributed by atoms with Crippen molar-refractivity contribution in [3.8, 4) is 0 Å². The minimum absolute atomic E-state index is 0.0807. The van der Waals surface area contributed by atoms with Crippen molar-refractivity contribution in [2.45, 2.75) is 13.5 Å². The first kappa shape index (κ1) is 15.9. The quantitative estimate of drug-likeness (QED) is 0.842. The summed E-state index contributed by atoms with van der Waals surface area (Å²) in [6.07, 6.45) is 0. The Morgan fingerprint density at radius 3 is 2.71 bits per heavy atom. The fourth-order valence-corrected chi connectivity index (χ4v) is 2.50. The van der Waals surface area contributed by atoms with Gasteiger partial charge in [0.05, 0.1) is 5.02 Å². The zero-order valence-corrected chi connectivity index (χ0v) is 14.2. The van der Waals surface area contributed by atoms with E-state index in [-0.39, 0.29) is 5.91 Å². The standard InChI is InChI=1S/C16H16BrClN2O/c1-10-12(16(21)19-2)4-3-5-15(10)20-9-11-6-7-13(17)14(18)8-11/h3-8,20H,9H2,1-2H3,(H,19,21). The summed E-state index contributed by atoms with van der Waals surface area (Å²) >= 11 is 9.46. The van der Waals surface area contributed by atoms with Crippen LogP contribution in [0.15, 0.2) is 40.9 Å². The Morgan fingerprint density at radius 2 is 2.05 bits per heavy atom. The molecule has 0 radical (unpaired) electrons. The van der Waals surface area contributed by atoms with Gasteiger partial charge in [0, 0.05) is 29.3 Å². The molecule has 2 N–H and O–H groups in total. The Hall–Kier alpha value is -1.52. The summed E-state index contributed by atoms with van der Waals surface area (Å²) in [4.78, 5) is 11.8. The summed E-state index contributed by atoms with van der Waals surface area (Å²) in [6.45, 7) is 2.58. The van der Waals surface area contributed by atoms with Gasteiger partial charge in [0.15, 0.2) is 0 Å². The monoisotopic (exact) mass is 366 g/mol. The second-order valence-electron chi connectivity index (χ2n) is 4.66. The topological polar surface area (TPSA) is 41.1 Å². The summed E-state index contributed by atoms with van der Waals surface area (Å²) in [5, 5.41) is 6.67. The van der Waals surface area contributed by atoms with Crippen LogP contribution in [0, 0.1) is 6.92 Å². The van der Waals surface area contributed by atoms with E-state index in [1.807, 2.05) is 43.3 Å². The van der Waals surface area contributed by atoms with Crippen molar-refractivity contribution in [3.05, 3.63) is 62.6 Å². The average molecular weight is 368 g/mol. The van der Waals surface area contributed by atoms with Crippen LogP contribution >= 0.6 is 27.5 Å². The van der Waals surface area contributed by atoms with E-state index in [1.165, 1.54) is 0 Å². The number of carbonyl (C=O) groups excluding carboxylic acids is 1. The lowest BCUT2D eigenvalue weighted by atomic mass is 10.1. The summed E-state index contributed by atoms with van der Waals surface area (Å²) in [5.74, 6) is -0.0807. The molecule has 0 fully saturated rings. The normalized spacial score (nSPS) is 10.3. The summed E-state index contributed by atoms with van der Waals surface area (Å²) < 4.78 is 0.880. The maximum atomic E-state index is 11.8. The number of halogens is 2. The van der Waals surface area contributed by atoms with Gasteiger partial charge in [-0.3, -0.25) is 4.79 Å². The summed E-state index contributed by atoms with van der Waals surface area (Å²) in [7, 11) is 1.63. The Kier molecular flexibility index (Phi) is 5.26. The van der Waals surface area contributed by atoms with Gasteiger partial charge in [-0.1, -0.05) is 23.7 Å². The largest absolute Gasteiger partial charge is 0.381 e. The molecule has 0 spiro atoms. The highest BCUT2D eigenvalue weighted by molar-refractivity contribution is 9.10. The van der Waals surface area contributed by atoms with Gasteiger partial charge in [-0.05, 0) is 58.2 Å². The molecule has 0 heterocycles. The van der Waals surface area contributed by atoms with E-state index in [0.29, 0.717) is 17.1 Å². The number of hydrogen-bond acceptors (Lipinski definition) is 2. The highest BCUT2D eigenvalue weighted by Gasteiger charge is 2.10. The number of nitrogens with one attached hydrogen (secondary N) is 2. The van der Waals surface area contributed by atoms with E-state index in [4.69, 9.17) is 11.6 Å². The van der Waals surface area contributed by atoms with Crippen LogP contribution in [0.1, 0.15) is 21.5 Å². The van der Waals surface area contributed by atoms with Crippen molar-refractivity contribution in [1.82, 2.24) is 5.32 Å². The van der Waals surface area contributed by atoms with Gasteiger partial charge in [0.2, 0.25) is 0 Å². The first-order chi connectivity index (χ1) is 10.0. The van der Waals surface area contributed by atoms with Gasteiger partial charge in [-0.2, -0.15) is 0 Å². The van der Waals surface area contributed by atoms with Gasteiger partial charge in [0.25, 0.3) is 5.91 Å². The molecule has 0 atom stereocenters. The first-order valence-corrected chi connectivity index (χ1v) is 7.69. The van der Waals surface area contributed by atoms with Gasteiger partial charge < -0.3 is 10.6 Å². The molecule has 0 aliphatic carbocycles. The second kappa shape index (κ2) is 6.96. The maximum absolute atomic E-state index is 11.8. The van der Waals surface area contributed by atoms with Gasteiger partial charge in [-0.25, -0.2) is 0 Å². The van der Waals surface area contributed by atoms with Crippen molar-refractivity contribution in [2.24, 2.45) is 0 Å². The van der Waals surface area contributed by atoms with E-state index >= 15 is 0 Å².